The van der Waals surface area contributed by atoms with E-state index in [1.807, 2.05) is 24.3 Å². The third kappa shape index (κ3) is 5.94. The maximum Gasteiger partial charge on any atom is 0.318 e. The molecule has 2 aliphatic heterocycles. The van der Waals surface area contributed by atoms with E-state index < -0.39 is 26.7 Å². The summed E-state index contributed by atoms with van der Waals surface area (Å²) >= 11 is 0. The molecule has 1 amide bonds. The average Bonchev–Trinajstić information content (AvgIpc) is 2.91. The quantitative estimate of drug-likeness (QED) is 0.366. The third-order valence-corrected chi connectivity index (χ3v) is 5.93. The van der Waals surface area contributed by atoms with Crippen molar-refractivity contribution in [2.45, 2.75) is 0 Å². The van der Waals surface area contributed by atoms with Gasteiger partial charge in [0.15, 0.2) is 29.8 Å². The lowest BCUT2D eigenvalue weighted by molar-refractivity contribution is -0.122. The molecule has 37 heavy (non-hydrogen) atoms. The Kier molecular flexibility index (Phi) is 7.42. The van der Waals surface area contributed by atoms with Crippen LogP contribution in [0.3, 0.4) is 0 Å². The van der Waals surface area contributed by atoms with E-state index >= 15 is 0 Å². The molecule has 0 spiro atoms. The summed E-state index contributed by atoms with van der Waals surface area (Å²) in [6.07, 6.45) is 1.02. The fourth-order valence-corrected chi connectivity index (χ4v) is 3.98. The molecule has 0 saturated carbocycles. The van der Waals surface area contributed by atoms with Crippen molar-refractivity contribution in [2.24, 2.45) is 0 Å². The van der Waals surface area contributed by atoms with Crippen LogP contribution in [0.1, 0.15) is 0 Å². The lowest BCUT2D eigenvalue weighted by atomic mass is 10.2. The first-order valence-corrected chi connectivity index (χ1v) is 12.5. The van der Waals surface area contributed by atoms with Crippen molar-refractivity contribution in [3.63, 3.8) is 0 Å². The van der Waals surface area contributed by atoms with Gasteiger partial charge in [-0.25, -0.2) is 14.4 Å². The summed E-state index contributed by atoms with van der Waals surface area (Å²) in [4.78, 5) is 36.9. The van der Waals surface area contributed by atoms with Crippen molar-refractivity contribution < 1.29 is 32.6 Å². The number of hydrogen-bond acceptors (Lipinski definition) is 11. The fraction of sp³-hybridized carbons (Fsp3) is 0.273. The summed E-state index contributed by atoms with van der Waals surface area (Å²) in [5, 5.41) is 5.81. The minimum absolute atomic E-state index is 0.0534. The van der Waals surface area contributed by atoms with Gasteiger partial charge >= 0.3 is 8.25 Å². The highest BCUT2D eigenvalue weighted by Gasteiger charge is 2.28. The first kappa shape index (κ1) is 24.8. The number of rotatable bonds is 8. The van der Waals surface area contributed by atoms with Crippen molar-refractivity contribution >= 4 is 48.9 Å². The number of amides is 1. The highest BCUT2D eigenvalue weighted by Crippen LogP contribution is 2.33. The number of fused-ring (bicyclic) bond motifs is 1. The lowest BCUT2D eigenvalue weighted by Crippen LogP contribution is -2.40. The topological polar surface area (TPSA) is 151 Å². The SMILES string of the molecule is O=C1COc2ccc(Nc3nc(Nc4ccc(N5CCOCC5)cc4)ncc3F)nc2N1CO[PH](=O)O. The van der Waals surface area contributed by atoms with E-state index in [2.05, 4.69) is 30.5 Å². The standard InChI is InChI=1S/C22H23FN7O6P/c23-16-11-24-22(25-14-1-3-15(4-2-14)29-7-9-34-10-8-29)28-20(16)26-18-6-5-17-21(27-18)30(13-36-37(32)33)19(31)12-35-17/h1-6,11,37H,7-10,12-13H2,(H,32,33)(H2,24,25,26,27,28). The van der Waals surface area contributed by atoms with Crippen LogP contribution in [0.15, 0.2) is 42.6 Å². The smallest absolute Gasteiger partial charge is 0.318 e. The zero-order valence-corrected chi connectivity index (χ0v) is 20.4. The number of ether oxygens (including phenoxy) is 2. The largest absolute Gasteiger partial charge is 0.480 e. The number of morpholine rings is 1. The number of halogens is 1. The normalized spacial score (nSPS) is 16.1. The predicted molar refractivity (Wildman–Crippen MR) is 132 cm³/mol. The summed E-state index contributed by atoms with van der Waals surface area (Å²) in [5.74, 6) is -0.769. The molecule has 0 aliphatic carbocycles. The van der Waals surface area contributed by atoms with E-state index in [0.717, 1.165) is 35.6 Å². The van der Waals surface area contributed by atoms with Crippen molar-refractivity contribution in [3.05, 3.63) is 48.4 Å². The minimum atomic E-state index is -3.27. The molecule has 4 heterocycles. The number of benzene rings is 1. The number of anilines is 6. The molecule has 1 atom stereocenters. The molecule has 13 nitrogen and oxygen atoms in total. The summed E-state index contributed by atoms with van der Waals surface area (Å²) < 4.78 is 40.9. The van der Waals surface area contributed by atoms with E-state index in [0.29, 0.717) is 13.2 Å². The average molecular weight is 531 g/mol. The number of nitrogens with zero attached hydrogens (tertiary/aromatic N) is 5. The van der Waals surface area contributed by atoms with Gasteiger partial charge in [0.2, 0.25) is 5.95 Å². The van der Waals surface area contributed by atoms with Gasteiger partial charge in [0, 0.05) is 24.5 Å². The molecule has 1 unspecified atom stereocenters. The Labute approximate surface area is 211 Å². The number of hydrogen-bond donors (Lipinski definition) is 3. The highest BCUT2D eigenvalue weighted by atomic mass is 31.1. The molecule has 15 heteroatoms. The van der Waals surface area contributed by atoms with Crippen molar-refractivity contribution in [3.8, 4) is 5.75 Å². The Bertz CT molecular complexity index is 1310. The molecule has 3 aromatic rings. The Balaban J connectivity index is 1.31. The fourth-order valence-electron chi connectivity index (χ4n) is 3.74. The molecular formula is C22H23FN7O6P. The van der Waals surface area contributed by atoms with E-state index in [1.54, 1.807) is 0 Å². The van der Waals surface area contributed by atoms with E-state index in [1.165, 1.54) is 12.1 Å². The van der Waals surface area contributed by atoms with Crippen LogP contribution in [0.4, 0.5) is 39.2 Å². The van der Waals surface area contributed by atoms with E-state index in [4.69, 9.17) is 18.9 Å². The number of nitrogens with one attached hydrogen (secondary N) is 2. The van der Waals surface area contributed by atoms with E-state index in [9.17, 15) is 13.8 Å². The van der Waals surface area contributed by atoms with Crippen LogP contribution in [0.25, 0.3) is 0 Å². The second kappa shape index (κ2) is 11.0. The van der Waals surface area contributed by atoms with Gasteiger partial charge in [-0.15, -0.1) is 0 Å². The molecule has 1 fully saturated rings. The molecule has 1 saturated heterocycles. The number of carbonyl (C=O) groups is 1. The maximum atomic E-state index is 14.5. The summed E-state index contributed by atoms with van der Waals surface area (Å²) in [5.41, 5.74) is 1.79. The van der Waals surface area contributed by atoms with Gasteiger partial charge in [-0.1, -0.05) is 0 Å². The Hall–Kier alpha value is -3.84. The molecule has 2 aromatic heterocycles. The zero-order valence-electron chi connectivity index (χ0n) is 19.4. The van der Waals surface area contributed by atoms with Crippen molar-refractivity contribution in [1.82, 2.24) is 15.0 Å². The second-order valence-corrected chi connectivity index (χ2v) is 8.77. The van der Waals surface area contributed by atoms with E-state index in [-0.39, 0.29) is 35.8 Å². The van der Waals surface area contributed by atoms with Crippen molar-refractivity contribution in [1.29, 1.82) is 0 Å². The number of aromatic nitrogens is 3. The second-order valence-electron chi connectivity index (χ2n) is 7.95. The molecule has 2 aliphatic rings. The first-order valence-electron chi connectivity index (χ1n) is 11.3. The van der Waals surface area contributed by atoms with Crippen LogP contribution in [-0.4, -0.2) is 65.4 Å². The highest BCUT2D eigenvalue weighted by molar-refractivity contribution is 7.32. The van der Waals surface area contributed by atoms with Gasteiger partial charge in [0.1, 0.15) is 12.5 Å². The number of pyridine rings is 1. The molecule has 3 N–H and O–H groups in total. The van der Waals surface area contributed by atoms with Crippen LogP contribution in [0.5, 0.6) is 5.75 Å². The van der Waals surface area contributed by atoms with Gasteiger partial charge in [0.05, 0.1) is 19.4 Å². The van der Waals surface area contributed by atoms with Gasteiger partial charge in [-0.3, -0.25) is 18.8 Å². The third-order valence-electron chi connectivity index (χ3n) is 5.55. The van der Waals surface area contributed by atoms with Gasteiger partial charge in [-0.2, -0.15) is 4.98 Å². The minimum Gasteiger partial charge on any atom is -0.480 e. The van der Waals surface area contributed by atoms with Crippen molar-refractivity contribution in [2.75, 3.05) is 60.1 Å². The van der Waals surface area contributed by atoms with Gasteiger partial charge in [-0.05, 0) is 36.4 Å². The summed E-state index contributed by atoms with van der Waals surface area (Å²) in [6, 6.07) is 10.7. The molecule has 5 rings (SSSR count). The Morgan fingerprint density at radius 2 is 1.89 bits per heavy atom. The van der Waals surface area contributed by atoms with Crippen LogP contribution in [0.2, 0.25) is 0 Å². The molecule has 0 bridgehead atoms. The molecule has 194 valence electrons. The van der Waals surface area contributed by atoms with Crippen LogP contribution in [0, 0.1) is 5.82 Å². The Morgan fingerprint density at radius 3 is 2.65 bits per heavy atom. The summed E-state index contributed by atoms with van der Waals surface area (Å²) in [7, 11) is -3.27. The van der Waals surface area contributed by atoms with Gasteiger partial charge in [0.25, 0.3) is 5.91 Å². The van der Waals surface area contributed by atoms with Crippen LogP contribution >= 0.6 is 8.25 Å². The first-order chi connectivity index (χ1) is 18.0. The molecule has 0 radical (unpaired) electrons. The summed E-state index contributed by atoms with van der Waals surface area (Å²) in [6.45, 7) is 2.27. The van der Waals surface area contributed by atoms with Crippen LogP contribution in [-0.2, 0) is 18.6 Å². The predicted octanol–water partition coefficient (Wildman–Crippen LogP) is 2.42. The lowest BCUT2D eigenvalue weighted by Gasteiger charge is -2.28. The van der Waals surface area contributed by atoms with Gasteiger partial charge < -0.3 is 29.9 Å². The monoisotopic (exact) mass is 531 g/mol. The molecule has 1 aromatic carbocycles. The Morgan fingerprint density at radius 1 is 1.11 bits per heavy atom. The molecular weight excluding hydrogens is 508 g/mol. The maximum absolute atomic E-state index is 14.5. The zero-order chi connectivity index (χ0) is 25.8. The van der Waals surface area contributed by atoms with Crippen LogP contribution < -0.4 is 25.2 Å². The number of carbonyl (C=O) groups excluding carboxylic acids is 1.